The van der Waals surface area contributed by atoms with Crippen molar-refractivity contribution in [3.05, 3.63) is 29.0 Å². The zero-order chi connectivity index (χ0) is 8.55. The Balaban J connectivity index is 2.87. The van der Waals surface area contributed by atoms with Gasteiger partial charge in [-0.1, -0.05) is 0 Å². The van der Waals surface area contributed by atoms with Gasteiger partial charge in [-0.05, 0) is 18.2 Å². The van der Waals surface area contributed by atoms with E-state index in [0.717, 1.165) is 5.22 Å². The van der Waals surface area contributed by atoms with E-state index in [-0.39, 0.29) is 11.5 Å². The molecule has 1 aliphatic heterocycles. The lowest BCUT2D eigenvalue weighted by Gasteiger charge is -1.99. The molecule has 58 valence electrons. The highest BCUT2D eigenvalue weighted by atomic mass is 14.9. The van der Waals surface area contributed by atoms with Gasteiger partial charge in [0, 0.05) is 11.4 Å². The van der Waals surface area contributed by atoms with Gasteiger partial charge in [-0.15, -0.1) is 0 Å². The van der Waals surface area contributed by atoms with Crippen molar-refractivity contribution in [1.82, 2.24) is 4.98 Å². The van der Waals surface area contributed by atoms with E-state index in [0.29, 0.717) is 5.49 Å². The predicted molar refractivity (Wildman–Crippen MR) is 44.9 cm³/mol. The first-order chi connectivity index (χ1) is 5.77. The molecule has 1 aromatic heterocycles. The van der Waals surface area contributed by atoms with Crippen LogP contribution in [-0.4, -0.2) is 16.5 Å². The van der Waals surface area contributed by atoms with Gasteiger partial charge in [-0.3, -0.25) is 10.8 Å². The molecule has 0 unspecified atom stereocenters. The first-order valence-electron chi connectivity index (χ1n) is 3.46. The molecule has 0 bridgehead atoms. The lowest BCUT2D eigenvalue weighted by Crippen LogP contribution is -2.35. The van der Waals surface area contributed by atoms with Crippen LogP contribution in [0.25, 0.3) is 6.08 Å². The van der Waals surface area contributed by atoms with Crippen molar-refractivity contribution < 1.29 is 0 Å². The molecule has 2 heterocycles. The normalized spacial score (nSPS) is 14.7. The molecule has 0 atom stereocenters. The van der Waals surface area contributed by atoms with Crippen LogP contribution in [0.15, 0.2) is 23.3 Å². The van der Waals surface area contributed by atoms with Gasteiger partial charge in [0.2, 0.25) is 0 Å². The van der Waals surface area contributed by atoms with Crippen molar-refractivity contribution in [3.8, 4) is 0 Å². The maximum absolute atomic E-state index is 7.32. The van der Waals surface area contributed by atoms with Gasteiger partial charge in [-0.25, -0.2) is 9.98 Å². The largest absolute Gasteiger partial charge is 0.297 e. The molecule has 1 aromatic rings. The number of hydrogen-bond acceptors (Lipinski definition) is 3. The summed E-state index contributed by atoms with van der Waals surface area (Å²) >= 11 is 0. The first-order valence-corrected chi connectivity index (χ1v) is 3.46. The Hall–Kier alpha value is -1.84. The van der Waals surface area contributed by atoms with Crippen LogP contribution in [0.4, 0.5) is 0 Å². The lowest BCUT2D eigenvalue weighted by atomic mass is 10.2. The average molecular weight is 158 g/mol. The molecular formula is C8H6N4. The number of pyridine rings is 1. The van der Waals surface area contributed by atoms with E-state index in [1.165, 1.54) is 0 Å². The van der Waals surface area contributed by atoms with Gasteiger partial charge < -0.3 is 0 Å². The SMILES string of the molecule is N=C1C=c2cccnc2=NC1=N. The van der Waals surface area contributed by atoms with Crippen LogP contribution >= 0.6 is 0 Å². The monoisotopic (exact) mass is 158 g/mol. The third kappa shape index (κ3) is 0.934. The maximum atomic E-state index is 7.32. The van der Waals surface area contributed by atoms with E-state index in [9.17, 15) is 0 Å². The van der Waals surface area contributed by atoms with E-state index in [2.05, 4.69) is 9.98 Å². The minimum Gasteiger partial charge on any atom is -0.297 e. The Kier molecular flexibility index (Phi) is 1.33. The van der Waals surface area contributed by atoms with E-state index >= 15 is 0 Å². The molecule has 0 spiro atoms. The molecule has 1 aliphatic rings. The van der Waals surface area contributed by atoms with Crippen molar-refractivity contribution in [2.24, 2.45) is 4.99 Å². The summed E-state index contributed by atoms with van der Waals surface area (Å²) in [6, 6.07) is 3.61. The fourth-order valence-corrected chi connectivity index (χ4v) is 1.01. The molecule has 4 nitrogen and oxygen atoms in total. The van der Waals surface area contributed by atoms with Crippen LogP contribution in [0, 0.1) is 10.8 Å². The molecule has 12 heavy (non-hydrogen) atoms. The van der Waals surface area contributed by atoms with E-state index in [1.807, 2.05) is 6.07 Å². The first kappa shape index (κ1) is 6.84. The zero-order valence-electron chi connectivity index (χ0n) is 6.20. The smallest absolute Gasteiger partial charge is 0.172 e. The summed E-state index contributed by atoms with van der Waals surface area (Å²) in [6.45, 7) is 0. The molecule has 0 amide bonds. The second kappa shape index (κ2) is 2.34. The van der Waals surface area contributed by atoms with E-state index < -0.39 is 0 Å². The molecule has 0 fully saturated rings. The number of aromatic nitrogens is 1. The van der Waals surface area contributed by atoms with Gasteiger partial charge in [0.1, 0.15) is 0 Å². The van der Waals surface area contributed by atoms with Gasteiger partial charge in [0.15, 0.2) is 11.3 Å². The molecule has 0 saturated carbocycles. The minimum atomic E-state index is -0.0267. The highest BCUT2D eigenvalue weighted by molar-refractivity contribution is 6.50. The number of fused-ring (bicyclic) bond motifs is 1. The Morgan fingerprint density at radius 1 is 1.25 bits per heavy atom. The fourth-order valence-electron chi connectivity index (χ4n) is 1.01. The van der Waals surface area contributed by atoms with Crippen molar-refractivity contribution in [3.63, 3.8) is 0 Å². The molecule has 4 heteroatoms. The zero-order valence-corrected chi connectivity index (χ0v) is 6.20. The fraction of sp³-hybridized carbons (Fsp3) is 0. The second-order valence-electron chi connectivity index (χ2n) is 2.43. The lowest BCUT2D eigenvalue weighted by molar-refractivity contribution is 1.13. The van der Waals surface area contributed by atoms with Gasteiger partial charge in [0.25, 0.3) is 0 Å². The average Bonchev–Trinajstić information content (AvgIpc) is 2.07. The van der Waals surface area contributed by atoms with Crippen LogP contribution in [-0.2, 0) is 0 Å². The number of hydrogen-bond donors (Lipinski definition) is 2. The van der Waals surface area contributed by atoms with Crippen LogP contribution in [0.1, 0.15) is 0 Å². The van der Waals surface area contributed by atoms with Crippen molar-refractivity contribution in [2.75, 3.05) is 0 Å². The molecular weight excluding hydrogens is 152 g/mol. The summed E-state index contributed by atoms with van der Waals surface area (Å²) < 4.78 is 0. The molecule has 0 aliphatic carbocycles. The standard InChI is InChI=1S/C8H6N4/c9-6-4-5-2-1-3-11-8(5)12-7(6)10/h1-4,9-10H. The number of rotatable bonds is 0. The number of nitrogens with zero attached hydrogens (tertiary/aromatic N) is 2. The van der Waals surface area contributed by atoms with Crippen molar-refractivity contribution in [1.29, 1.82) is 10.8 Å². The third-order valence-corrected chi connectivity index (χ3v) is 1.59. The topological polar surface area (TPSA) is 73.0 Å². The number of nitrogens with one attached hydrogen (secondary N) is 2. The molecule has 2 rings (SSSR count). The van der Waals surface area contributed by atoms with E-state index in [1.54, 1.807) is 18.3 Å². The quantitative estimate of drug-likeness (QED) is 0.524. The van der Waals surface area contributed by atoms with Crippen LogP contribution in [0.3, 0.4) is 0 Å². The van der Waals surface area contributed by atoms with Crippen molar-refractivity contribution >= 4 is 17.6 Å². The minimum absolute atomic E-state index is 0.0267. The molecule has 0 aromatic carbocycles. The predicted octanol–water partition coefficient (Wildman–Crippen LogP) is -0.508. The second-order valence-corrected chi connectivity index (χ2v) is 2.43. The van der Waals surface area contributed by atoms with Crippen LogP contribution in [0.5, 0.6) is 0 Å². The molecule has 0 radical (unpaired) electrons. The Morgan fingerprint density at radius 2 is 2.08 bits per heavy atom. The molecule has 0 saturated heterocycles. The summed E-state index contributed by atoms with van der Waals surface area (Å²) in [5, 5.41) is 15.4. The third-order valence-electron chi connectivity index (χ3n) is 1.59. The summed E-state index contributed by atoms with van der Waals surface area (Å²) in [6.07, 6.45) is 3.22. The van der Waals surface area contributed by atoms with E-state index in [4.69, 9.17) is 10.8 Å². The van der Waals surface area contributed by atoms with Gasteiger partial charge in [0.05, 0.1) is 5.71 Å². The Morgan fingerprint density at radius 3 is 2.92 bits per heavy atom. The highest BCUT2D eigenvalue weighted by Crippen LogP contribution is 1.84. The summed E-state index contributed by atoms with van der Waals surface area (Å²) in [5.41, 5.74) is 0.661. The van der Waals surface area contributed by atoms with Gasteiger partial charge >= 0.3 is 0 Å². The highest BCUT2D eigenvalue weighted by Gasteiger charge is 2.04. The van der Waals surface area contributed by atoms with Gasteiger partial charge in [-0.2, -0.15) is 0 Å². The Labute approximate surface area is 68.3 Å². The molecule has 2 N–H and O–H groups in total. The summed E-state index contributed by atoms with van der Waals surface area (Å²) in [5.74, 6) is -0.0267. The summed E-state index contributed by atoms with van der Waals surface area (Å²) in [7, 11) is 0. The van der Waals surface area contributed by atoms with Crippen molar-refractivity contribution in [2.45, 2.75) is 0 Å². The Bertz CT molecular complexity index is 427. The maximum Gasteiger partial charge on any atom is 0.172 e. The number of amidine groups is 1. The van der Waals surface area contributed by atoms with Crippen LogP contribution < -0.4 is 10.7 Å². The summed E-state index contributed by atoms with van der Waals surface area (Å²) in [4.78, 5) is 7.81. The van der Waals surface area contributed by atoms with Crippen LogP contribution in [0.2, 0.25) is 0 Å².